The fourth-order valence-electron chi connectivity index (χ4n) is 3.29. The minimum atomic E-state index is 0.123. The molecule has 138 valence electrons. The van der Waals surface area contributed by atoms with E-state index in [0.717, 1.165) is 42.4 Å². The zero-order valence-corrected chi connectivity index (χ0v) is 16.0. The van der Waals surface area contributed by atoms with Gasteiger partial charge in [-0.2, -0.15) is 0 Å². The van der Waals surface area contributed by atoms with E-state index in [0.29, 0.717) is 24.7 Å². The second-order valence-electron chi connectivity index (χ2n) is 6.63. The number of aryl methyl sites for hydroxylation is 2. The third-order valence-corrected chi connectivity index (χ3v) is 4.69. The number of rotatable bonds is 5. The molecule has 1 N–H and O–H groups in total. The summed E-state index contributed by atoms with van der Waals surface area (Å²) in [5, 5.41) is 3.26. The van der Waals surface area contributed by atoms with E-state index < -0.39 is 0 Å². The quantitative estimate of drug-likeness (QED) is 0.811. The third-order valence-electron chi connectivity index (χ3n) is 4.50. The van der Waals surface area contributed by atoms with Crippen molar-refractivity contribution >= 4 is 29.1 Å². The molecular weight excluding hydrogens is 350 g/mol. The molecule has 7 heteroatoms. The highest BCUT2D eigenvalue weighted by atomic mass is 35.5. The van der Waals surface area contributed by atoms with Gasteiger partial charge in [-0.3, -0.25) is 4.79 Å². The molecule has 1 aliphatic rings. The van der Waals surface area contributed by atoms with Crippen LogP contribution in [-0.2, 0) is 4.79 Å². The van der Waals surface area contributed by atoms with Gasteiger partial charge in [-0.05, 0) is 38.8 Å². The summed E-state index contributed by atoms with van der Waals surface area (Å²) in [5.41, 5.74) is 1.91. The van der Waals surface area contributed by atoms with Crippen molar-refractivity contribution in [1.82, 2.24) is 19.9 Å². The molecule has 1 atom stereocenters. The number of halogens is 1. The minimum absolute atomic E-state index is 0.123. The van der Waals surface area contributed by atoms with Gasteiger partial charge >= 0.3 is 0 Å². The molecule has 3 heterocycles. The zero-order valence-electron chi connectivity index (χ0n) is 15.2. The molecule has 3 rings (SSSR count). The summed E-state index contributed by atoms with van der Waals surface area (Å²) >= 11 is 5.72. The standard InChI is InChI=1S/C19H24ClN5O/c1-13-5-3-7-17(21-13)24-18-11-16(22-14(2)23-18)15-6-4-10-25(12-15)19(26)8-9-20/h3,5,7,11,15H,4,6,8-10,12H2,1-2H3,(H,21,22,23,24). The first-order chi connectivity index (χ1) is 12.5. The van der Waals surface area contributed by atoms with Crippen molar-refractivity contribution in [3.63, 3.8) is 0 Å². The monoisotopic (exact) mass is 373 g/mol. The lowest BCUT2D eigenvalue weighted by Gasteiger charge is -2.32. The Kier molecular flexibility index (Phi) is 6.04. The average Bonchev–Trinajstić information content (AvgIpc) is 2.61. The SMILES string of the molecule is Cc1cccc(Nc2cc(C3CCCN(C(=O)CCCl)C3)nc(C)n2)n1. The Labute approximate surface area is 159 Å². The van der Waals surface area contributed by atoms with Crippen LogP contribution >= 0.6 is 11.6 Å². The summed E-state index contributed by atoms with van der Waals surface area (Å²) in [5.74, 6) is 2.91. The third kappa shape index (κ3) is 4.69. The van der Waals surface area contributed by atoms with Crippen LogP contribution in [0.2, 0.25) is 0 Å². The lowest BCUT2D eigenvalue weighted by atomic mass is 9.94. The number of aromatic nitrogens is 3. The Morgan fingerprint density at radius 2 is 2.12 bits per heavy atom. The van der Waals surface area contributed by atoms with Gasteiger partial charge in [0.2, 0.25) is 5.91 Å². The molecule has 0 saturated carbocycles. The second-order valence-corrected chi connectivity index (χ2v) is 7.01. The number of carbonyl (C=O) groups is 1. The number of nitrogens with one attached hydrogen (secondary N) is 1. The summed E-state index contributed by atoms with van der Waals surface area (Å²) in [6.07, 6.45) is 2.39. The van der Waals surface area contributed by atoms with Crippen molar-refractivity contribution < 1.29 is 4.79 Å². The molecule has 2 aromatic rings. The Bertz CT molecular complexity index is 782. The zero-order chi connectivity index (χ0) is 18.5. The van der Waals surface area contributed by atoms with Crippen molar-refractivity contribution in [2.24, 2.45) is 0 Å². The first kappa shape index (κ1) is 18.6. The van der Waals surface area contributed by atoms with E-state index in [4.69, 9.17) is 11.6 Å². The first-order valence-corrected chi connectivity index (χ1v) is 9.48. The smallest absolute Gasteiger partial charge is 0.223 e. The number of carbonyl (C=O) groups excluding carboxylic acids is 1. The Hall–Kier alpha value is -2.21. The van der Waals surface area contributed by atoms with E-state index in [9.17, 15) is 4.79 Å². The van der Waals surface area contributed by atoms with E-state index in [1.807, 2.05) is 43.0 Å². The highest BCUT2D eigenvalue weighted by molar-refractivity contribution is 6.18. The summed E-state index contributed by atoms with van der Waals surface area (Å²) in [7, 11) is 0. The highest BCUT2D eigenvalue weighted by Crippen LogP contribution is 2.28. The molecule has 1 amide bonds. The molecule has 1 saturated heterocycles. The lowest BCUT2D eigenvalue weighted by Crippen LogP contribution is -2.39. The van der Waals surface area contributed by atoms with Crippen LogP contribution in [0.15, 0.2) is 24.3 Å². The first-order valence-electron chi connectivity index (χ1n) is 8.95. The average molecular weight is 374 g/mol. The maximum Gasteiger partial charge on any atom is 0.223 e. The van der Waals surface area contributed by atoms with Crippen molar-refractivity contribution in [2.45, 2.75) is 39.0 Å². The molecule has 0 aliphatic carbocycles. The summed E-state index contributed by atoms with van der Waals surface area (Å²) < 4.78 is 0. The van der Waals surface area contributed by atoms with Crippen LogP contribution < -0.4 is 5.32 Å². The molecular formula is C19H24ClN5O. The van der Waals surface area contributed by atoms with E-state index >= 15 is 0 Å². The molecule has 1 aliphatic heterocycles. The van der Waals surface area contributed by atoms with Crippen LogP contribution in [-0.4, -0.2) is 44.7 Å². The minimum Gasteiger partial charge on any atom is -0.342 e. The van der Waals surface area contributed by atoms with Gasteiger partial charge in [-0.1, -0.05) is 6.07 Å². The van der Waals surface area contributed by atoms with Crippen molar-refractivity contribution in [2.75, 3.05) is 24.3 Å². The number of hydrogen-bond donors (Lipinski definition) is 1. The molecule has 0 spiro atoms. The number of nitrogens with zero attached hydrogens (tertiary/aromatic N) is 4. The number of alkyl halides is 1. The second kappa shape index (κ2) is 8.45. The molecule has 0 bridgehead atoms. The molecule has 2 aromatic heterocycles. The molecule has 26 heavy (non-hydrogen) atoms. The summed E-state index contributed by atoms with van der Waals surface area (Å²) in [6, 6.07) is 7.80. The molecule has 6 nitrogen and oxygen atoms in total. The van der Waals surface area contributed by atoms with Crippen LogP contribution in [0.3, 0.4) is 0 Å². The van der Waals surface area contributed by atoms with Gasteiger partial charge in [0.1, 0.15) is 17.5 Å². The lowest BCUT2D eigenvalue weighted by molar-refractivity contribution is -0.131. The number of anilines is 2. The van der Waals surface area contributed by atoms with E-state index in [1.165, 1.54) is 0 Å². The predicted octanol–water partition coefficient (Wildman–Crippen LogP) is 3.57. The van der Waals surface area contributed by atoms with Gasteiger partial charge in [-0.15, -0.1) is 11.6 Å². The van der Waals surface area contributed by atoms with Crippen LogP contribution in [0.25, 0.3) is 0 Å². The molecule has 0 aromatic carbocycles. The van der Waals surface area contributed by atoms with Gasteiger partial charge in [0.05, 0.1) is 5.69 Å². The topological polar surface area (TPSA) is 71.0 Å². The van der Waals surface area contributed by atoms with Gasteiger partial charge < -0.3 is 10.2 Å². The normalized spacial score (nSPS) is 17.2. The Morgan fingerprint density at radius 3 is 2.88 bits per heavy atom. The number of likely N-dealkylation sites (tertiary alicyclic amines) is 1. The maximum absolute atomic E-state index is 12.2. The van der Waals surface area contributed by atoms with E-state index in [2.05, 4.69) is 20.3 Å². The Morgan fingerprint density at radius 1 is 1.27 bits per heavy atom. The molecule has 0 radical (unpaired) electrons. The largest absolute Gasteiger partial charge is 0.342 e. The van der Waals surface area contributed by atoms with Crippen LogP contribution in [0.4, 0.5) is 11.6 Å². The van der Waals surface area contributed by atoms with Crippen LogP contribution in [0.5, 0.6) is 0 Å². The van der Waals surface area contributed by atoms with Gasteiger partial charge in [0, 0.05) is 43.1 Å². The van der Waals surface area contributed by atoms with Crippen LogP contribution in [0, 0.1) is 13.8 Å². The van der Waals surface area contributed by atoms with E-state index in [1.54, 1.807) is 0 Å². The van der Waals surface area contributed by atoms with Gasteiger partial charge in [0.15, 0.2) is 0 Å². The fourth-order valence-corrected chi connectivity index (χ4v) is 3.45. The summed E-state index contributed by atoms with van der Waals surface area (Å²) in [6.45, 7) is 5.33. The maximum atomic E-state index is 12.2. The van der Waals surface area contributed by atoms with Crippen molar-refractivity contribution in [3.05, 3.63) is 41.5 Å². The van der Waals surface area contributed by atoms with Crippen molar-refractivity contribution in [1.29, 1.82) is 0 Å². The molecule has 1 fully saturated rings. The Balaban J connectivity index is 1.77. The fraction of sp³-hybridized carbons (Fsp3) is 0.474. The van der Waals surface area contributed by atoms with Crippen LogP contribution in [0.1, 0.15) is 42.4 Å². The predicted molar refractivity (Wildman–Crippen MR) is 103 cm³/mol. The number of hydrogen-bond acceptors (Lipinski definition) is 5. The van der Waals surface area contributed by atoms with Gasteiger partial charge in [0.25, 0.3) is 0 Å². The van der Waals surface area contributed by atoms with Gasteiger partial charge in [-0.25, -0.2) is 15.0 Å². The molecule has 1 unspecified atom stereocenters. The number of amides is 1. The highest BCUT2D eigenvalue weighted by Gasteiger charge is 2.25. The summed E-state index contributed by atoms with van der Waals surface area (Å²) in [4.78, 5) is 27.6. The number of piperidine rings is 1. The number of pyridine rings is 1. The van der Waals surface area contributed by atoms with Crippen molar-refractivity contribution in [3.8, 4) is 0 Å². The van der Waals surface area contributed by atoms with E-state index in [-0.39, 0.29) is 11.8 Å².